The summed E-state index contributed by atoms with van der Waals surface area (Å²) in [6, 6.07) is 10.2. The van der Waals surface area contributed by atoms with E-state index < -0.39 is 17.5 Å². The van der Waals surface area contributed by atoms with E-state index in [0.717, 1.165) is 12.2 Å². The van der Waals surface area contributed by atoms with Gasteiger partial charge in [-0.2, -0.15) is 4.39 Å². The first-order valence-corrected chi connectivity index (χ1v) is 8.10. The molecule has 4 nitrogen and oxygen atoms in total. The van der Waals surface area contributed by atoms with E-state index in [4.69, 9.17) is 9.47 Å². The van der Waals surface area contributed by atoms with Crippen molar-refractivity contribution >= 4 is 5.91 Å². The van der Waals surface area contributed by atoms with Crippen LogP contribution in [0.4, 0.5) is 8.78 Å². The third-order valence-electron chi connectivity index (χ3n) is 4.24. The summed E-state index contributed by atoms with van der Waals surface area (Å²) in [5.41, 5.74) is 0.866. The van der Waals surface area contributed by atoms with Crippen LogP contribution in [0.25, 0.3) is 0 Å². The highest BCUT2D eigenvalue weighted by Gasteiger charge is 2.34. The Balaban J connectivity index is 1.62. The van der Waals surface area contributed by atoms with Gasteiger partial charge in [-0.3, -0.25) is 4.79 Å². The van der Waals surface area contributed by atoms with Crippen molar-refractivity contribution in [1.29, 1.82) is 0 Å². The summed E-state index contributed by atoms with van der Waals surface area (Å²) in [5.74, 6) is -2.38. The smallest absolute Gasteiger partial charge is 0.257 e. The minimum absolute atomic E-state index is 0.151. The van der Waals surface area contributed by atoms with E-state index in [1.807, 2.05) is 24.3 Å². The molecule has 0 N–H and O–H groups in total. The molecule has 1 aliphatic heterocycles. The fourth-order valence-electron chi connectivity index (χ4n) is 2.73. The lowest BCUT2D eigenvalue weighted by Gasteiger charge is -2.39. The van der Waals surface area contributed by atoms with Crippen molar-refractivity contribution in [2.24, 2.45) is 0 Å². The van der Waals surface area contributed by atoms with E-state index >= 15 is 0 Å². The van der Waals surface area contributed by atoms with Crippen LogP contribution in [0.1, 0.15) is 22.8 Å². The Kier molecular flexibility index (Phi) is 4.88. The average molecular weight is 347 g/mol. The molecule has 1 amide bonds. The van der Waals surface area contributed by atoms with Gasteiger partial charge < -0.3 is 14.4 Å². The maximum Gasteiger partial charge on any atom is 0.257 e. The maximum absolute atomic E-state index is 14.0. The molecule has 1 saturated heterocycles. The second-order valence-corrected chi connectivity index (χ2v) is 5.89. The SMILES string of the molecule is CCc1cccc(OC2CN(C(=O)c3ccc(OC)c(F)c3F)C2)c1. The Morgan fingerprint density at radius 3 is 2.64 bits per heavy atom. The van der Waals surface area contributed by atoms with Crippen LogP contribution < -0.4 is 9.47 Å². The molecule has 2 aromatic rings. The molecular weight excluding hydrogens is 328 g/mol. The van der Waals surface area contributed by atoms with Gasteiger partial charge >= 0.3 is 0 Å². The fraction of sp³-hybridized carbons (Fsp3) is 0.316. The van der Waals surface area contributed by atoms with Gasteiger partial charge in [0.15, 0.2) is 11.6 Å². The molecule has 0 radical (unpaired) electrons. The number of hydrogen-bond donors (Lipinski definition) is 0. The molecule has 3 rings (SSSR count). The maximum atomic E-state index is 14.0. The van der Waals surface area contributed by atoms with Crippen LogP contribution in [0.5, 0.6) is 11.5 Å². The quantitative estimate of drug-likeness (QED) is 0.832. The van der Waals surface area contributed by atoms with Crippen LogP contribution >= 0.6 is 0 Å². The summed E-state index contributed by atoms with van der Waals surface area (Å²) in [6.07, 6.45) is 0.761. The van der Waals surface area contributed by atoms with Crippen molar-refractivity contribution < 1.29 is 23.0 Å². The van der Waals surface area contributed by atoms with Crippen LogP contribution in [0.2, 0.25) is 0 Å². The van der Waals surface area contributed by atoms with Crippen molar-refractivity contribution in [3.8, 4) is 11.5 Å². The number of carbonyl (C=O) groups is 1. The van der Waals surface area contributed by atoms with Crippen molar-refractivity contribution in [2.45, 2.75) is 19.4 Å². The summed E-state index contributed by atoms with van der Waals surface area (Å²) in [7, 11) is 1.24. The van der Waals surface area contributed by atoms with Crippen molar-refractivity contribution in [3.05, 3.63) is 59.2 Å². The topological polar surface area (TPSA) is 38.8 Å². The van der Waals surface area contributed by atoms with E-state index in [2.05, 4.69) is 6.92 Å². The van der Waals surface area contributed by atoms with Crippen molar-refractivity contribution in [3.63, 3.8) is 0 Å². The highest BCUT2D eigenvalue weighted by atomic mass is 19.2. The first-order valence-electron chi connectivity index (χ1n) is 8.10. The van der Waals surface area contributed by atoms with Gasteiger partial charge in [-0.15, -0.1) is 0 Å². The number of amides is 1. The van der Waals surface area contributed by atoms with E-state index in [0.29, 0.717) is 13.1 Å². The van der Waals surface area contributed by atoms with E-state index in [1.54, 1.807) is 0 Å². The molecule has 0 spiro atoms. The molecule has 1 heterocycles. The standard InChI is InChI=1S/C19H19F2NO3/c1-3-12-5-4-6-13(9-12)25-14-10-22(11-14)19(23)15-7-8-16(24-2)18(21)17(15)20/h4-9,14H,3,10-11H2,1-2H3. The predicted octanol–water partition coefficient (Wildman–Crippen LogP) is 3.44. The van der Waals surface area contributed by atoms with Gasteiger partial charge in [0.2, 0.25) is 5.82 Å². The number of rotatable bonds is 5. The Labute approximate surface area is 145 Å². The highest BCUT2D eigenvalue weighted by molar-refractivity contribution is 5.95. The van der Waals surface area contributed by atoms with Crippen LogP contribution in [-0.4, -0.2) is 37.1 Å². The second-order valence-electron chi connectivity index (χ2n) is 5.89. The van der Waals surface area contributed by atoms with Crippen LogP contribution in [-0.2, 0) is 6.42 Å². The number of aryl methyl sites for hydroxylation is 1. The van der Waals surface area contributed by atoms with Gasteiger partial charge in [0, 0.05) is 0 Å². The Bertz CT molecular complexity index is 788. The van der Waals surface area contributed by atoms with Gasteiger partial charge in [0.1, 0.15) is 11.9 Å². The van der Waals surface area contributed by atoms with Gasteiger partial charge in [0.05, 0.1) is 25.8 Å². The van der Waals surface area contributed by atoms with E-state index in [-0.39, 0.29) is 17.4 Å². The number of hydrogen-bond acceptors (Lipinski definition) is 3. The van der Waals surface area contributed by atoms with Crippen molar-refractivity contribution in [1.82, 2.24) is 4.90 Å². The number of methoxy groups -OCH3 is 1. The molecular formula is C19H19F2NO3. The van der Waals surface area contributed by atoms with Crippen LogP contribution in [0.3, 0.4) is 0 Å². The molecule has 6 heteroatoms. The van der Waals surface area contributed by atoms with E-state index in [1.165, 1.54) is 29.7 Å². The Morgan fingerprint density at radius 1 is 1.20 bits per heavy atom. The number of halogens is 2. The third-order valence-corrected chi connectivity index (χ3v) is 4.24. The molecule has 25 heavy (non-hydrogen) atoms. The zero-order valence-electron chi connectivity index (χ0n) is 14.1. The third kappa shape index (κ3) is 3.43. The largest absolute Gasteiger partial charge is 0.494 e. The zero-order chi connectivity index (χ0) is 18.0. The first kappa shape index (κ1) is 17.2. The summed E-state index contributed by atoms with van der Waals surface area (Å²) >= 11 is 0. The molecule has 2 aromatic carbocycles. The zero-order valence-corrected chi connectivity index (χ0v) is 14.1. The second kappa shape index (κ2) is 7.09. The number of benzene rings is 2. The minimum atomic E-state index is -1.19. The summed E-state index contributed by atoms with van der Waals surface area (Å²) in [6.45, 7) is 2.73. The molecule has 0 unspecified atom stereocenters. The lowest BCUT2D eigenvalue weighted by Crippen LogP contribution is -2.56. The summed E-state index contributed by atoms with van der Waals surface area (Å²) in [4.78, 5) is 13.8. The molecule has 1 aliphatic rings. The minimum Gasteiger partial charge on any atom is -0.494 e. The fourth-order valence-corrected chi connectivity index (χ4v) is 2.73. The molecule has 0 aliphatic carbocycles. The number of likely N-dealkylation sites (tertiary alicyclic amines) is 1. The first-order chi connectivity index (χ1) is 12.0. The normalized spacial score (nSPS) is 14.2. The molecule has 0 atom stereocenters. The molecule has 0 bridgehead atoms. The van der Waals surface area contributed by atoms with Gasteiger partial charge in [-0.05, 0) is 36.2 Å². The van der Waals surface area contributed by atoms with Gasteiger partial charge in [-0.1, -0.05) is 19.1 Å². The molecule has 1 fully saturated rings. The number of ether oxygens (including phenoxy) is 2. The van der Waals surface area contributed by atoms with Gasteiger partial charge in [0.25, 0.3) is 5.91 Å². The predicted molar refractivity (Wildman–Crippen MR) is 89.0 cm³/mol. The summed E-state index contributed by atoms with van der Waals surface area (Å²) in [5, 5.41) is 0. The number of carbonyl (C=O) groups excluding carboxylic acids is 1. The van der Waals surface area contributed by atoms with Crippen molar-refractivity contribution in [2.75, 3.05) is 20.2 Å². The van der Waals surface area contributed by atoms with Gasteiger partial charge in [-0.25, -0.2) is 4.39 Å². The lowest BCUT2D eigenvalue weighted by molar-refractivity contribution is 0.0173. The van der Waals surface area contributed by atoms with Crippen LogP contribution in [0.15, 0.2) is 36.4 Å². The molecule has 132 valence electrons. The molecule has 0 saturated carbocycles. The van der Waals surface area contributed by atoms with Crippen LogP contribution in [0, 0.1) is 11.6 Å². The number of nitrogens with zero attached hydrogens (tertiary/aromatic N) is 1. The van der Waals surface area contributed by atoms with E-state index in [9.17, 15) is 13.6 Å². The lowest BCUT2D eigenvalue weighted by atomic mass is 10.1. The highest BCUT2D eigenvalue weighted by Crippen LogP contribution is 2.26. The Morgan fingerprint density at radius 2 is 1.96 bits per heavy atom. The average Bonchev–Trinajstić information content (AvgIpc) is 2.59. The molecule has 0 aromatic heterocycles. The summed E-state index contributed by atoms with van der Waals surface area (Å²) < 4.78 is 38.3. The Hall–Kier alpha value is -2.63. The monoisotopic (exact) mass is 347 g/mol.